The van der Waals surface area contributed by atoms with Gasteiger partial charge in [-0.3, -0.25) is 0 Å². The molecule has 0 fully saturated rings. The van der Waals surface area contributed by atoms with E-state index in [-0.39, 0.29) is 71.1 Å². The van der Waals surface area contributed by atoms with Crippen molar-refractivity contribution < 1.29 is 69.2 Å². The Morgan fingerprint density at radius 2 is 0.892 bits per heavy atom. The SMILES string of the molecule is CC(C)(C)c1ccnc(-c2[c-]cc3oc4ccccc4c3c2)c1.Cc1cc(C)c(-c2ccnc(-c3[c-]cccc3)c2)c(C)c1.Cc1ccc2c(c1)oc1c(-c3cc(C(C)(C)C)c(C)cn3)[c-]ccc12.[Ir].[Ir].[Ir].[c-]1ccccc1-c1cc(-c2ccccc2)ccn1.[c-]1ccccc1-c1ccccn1. The summed E-state index contributed by atoms with van der Waals surface area (Å²) >= 11 is 0. The van der Waals surface area contributed by atoms with Crippen molar-refractivity contribution in [3.63, 3.8) is 0 Å². The van der Waals surface area contributed by atoms with Crippen LogP contribution < -0.4 is 0 Å². The van der Waals surface area contributed by atoms with Crippen molar-refractivity contribution in [2.45, 2.75) is 87.0 Å². The molecule has 0 saturated heterocycles. The van der Waals surface area contributed by atoms with Crippen molar-refractivity contribution in [1.29, 1.82) is 0 Å². The summed E-state index contributed by atoms with van der Waals surface area (Å²) in [6.45, 7) is 24.0. The minimum Gasteiger partial charge on any atom is -0.501 e. The summed E-state index contributed by atoms with van der Waals surface area (Å²) in [6, 6.07) is 97.8. The van der Waals surface area contributed by atoms with Crippen LogP contribution in [0.1, 0.15) is 80.5 Å². The van der Waals surface area contributed by atoms with E-state index in [0.717, 1.165) is 100 Å². The molecule has 102 heavy (non-hydrogen) atoms. The summed E-state index contributed by atoms with van der Waals surface area (Å²) in [4.78, 5) is 22.3. The smallest absolute Gasteiger partial charge is 0.121 e. The fourth-order valence-corrected chi connectivity index (χ4v) is 12.3. The molecule has 0 aliphatic heterocycles. The second kappa shape index (κ2) is 34.8. The first-order chi connectivity index (χ1) is 47.9. The Kier molecular flexibility index (Phi) is 26.1. The molecule has 7 heterocycles. The van der Waals surface area contributed by atoms with Gasteiger partial charge >= 0.3 is 0 Å². The van der Waals surface area contributed by atoms with Gasteiger partial charge in [0.15, 0.2) is 0 Å². The molecule has 515 valence electrons. The van der Waals surface area contributed by atoms with Gasteiger partial charge in [0.1, 0.15) is 11.2 Å². The Hall–Kier alpha value is -9.72. The Balaban J connectivity index is 0.000000150. The molecule has 0 amide bonds. The van der Waals surface area contributed by atoms with E-state index in [0.29, 0.717) is 0 Å². The summed E-state index contributed by atoms with van der Waals surface area (Å²) in [5.74, 6) is 0. The fourth-order valence-electron chi connectivity index (χ4n) is 12.3. The van der Waals surface area contributed by atoms with Crippen LogP contribution in [0, 0.1) is 65.0 Å². The quantitative estimate of drug-likeness (QED) is 0.147. The summed E-state index contributed by atoms with van der Waals surface area (Å²) in [6.07, 6.45) is 9.34. The molecule has 0 aliphatic rings. The Morgan fingerprint density at radius 3 is 1.51 bits per heavy atom. The third kappa shape index (κ3) is 18.7. The second-order valence-electron chi connectivity index (χ2n) is 26.8. The average molecular weight is 1860 g/mol. The van der Waals surface area contributed by atoms with E-state index in [9.17, 15) is 0 Å². The van der Waals surface area contributed by atoms with Crippen molar-refractivity contribution in [1.82, 2.24) is 24.9 Å². The first-order valence-electron chi connectivity index (χ1n) is 33.4. The summed E-state index contributed by atoms with van der Waals surface area (Å²) in [5, 5.41) is 4.49. The van der Waals surface area contributed by atoms with Gasteiger partial charge in [-0.15, -0.1) is 150 Å². The Bertz CT molecular complexity index is 5280. The monoisotopic (exact) mass is 1860 g/mol. The molecule has 0 atom stereocenters. The molecule has 16 aromatic rings. The summed E-state index contributed by atoms with van der Waals surface area (Å²) in [5.41, 5.74) is 27.3. The van der Waals surface area contributed by atoms with E-state index in [2.05, 4.69) is 228 Å². The van der Waals surface area contributed by atoms with Crippen LogP contribution in [-0.4, -0.2) is 24.9 Å². The van der Waals surface area contributed by atoms with Crippen LogP contribution in [0.3, 0.4) is 0 Å². The number of pyridine rings is 5. The molecule has 9 aromatic carbocycles. The van der Waals surface area contributed by atoms with Gasteiger partial charge in [0.05, 0.1) is 11.2 Å². The van der Waals surface area contributed by atoms with Gasteiger partial charge in [0.2, 0.25) is 0 Å². The topological polar surface area (TPSA) is 90.7 Å². The number of hydrogen-bond acceptors (Lipinski definition) is 7. The minimum atomic E-state index is 0. The minimum absolute atomic E-state index is 0. The number of benzene rings is 9. The third-order valence-corrected chi connectivity index (χ3v) is 17.2. The van der Waals surface area contributed by atoms with Gasteiger partial charge in [-0.25, -0.2) is 0 Å². The number of hydrogen-bond donors (Lipinski definition) is 0. The zero-order chi connectivity index (χ0) is 69.0. The van der Waals surface area contributed by atoms with Crippen molar-refractivity contribution in [2.75, 3.05) is 0 Å². The number of nitrogens with zero attached hydrogens (tertiary/aromatic N) is 5. The Morgan fingerprint density at radius 1 is 0.324 bits per heavy atom. The fraction of sp³-hybridized carbons (Fsp3) is 0.141. The van der Waals surface area contributed by atoms with E-state index < -0.39 is 0 Å². The maximum Gasteiger partial charge on any atom is 0.121 e. The van der Waals surface area contributed by atoms with Crippen LogP contribution in [0.4, 0.5) is 0 Å². The van der Waals surface area contributed by atoms with Gasteiger partial charge in [0.25, 0.3) is 0 Å². The number of rotatable bonds is 7. The first-order valence-corrected chi connectivity index (χ1v) is 33.4. The standard InChI is InChI=1S/C23H22NO.C21H18NO.C20H18N.C17H12N.C11H8N.3Ir/c1-14-9-10-16-17-7-6-8-18(22(17)25-21(16)11-14)20-12-19(23(3,4)5)15(2)13-24-20;1-21(2,3)15-10-11-22-18(13-15)14-8-9-20-17(12-14)16-6-4-5-7-19(16)23-20;1-14-11-15(2)20(16(3)12-14)18-9-10-21-19(13-18)17-7-5-4-6-8-17;1-3-7-14(8-4-1)16-11-12-18-17(13-16)15-9-5-2-6-10-15;1-2-6-10(7-3-1)11-8-4-5-9-12-11;;;/h6-7,9-13H,1-5H3;4-7,9-13H,1-3H3;4-7,9-13H,1-3H3;1-9,11-13H;1-6,8-9H;;;/q5*-1;;;. The largest absolute Gasteiger partial charge is 0.501 e. The third-order valence-electron chi connectivity index (χ3n) is 17.2. The number of furan rings is 2. The molecule has 0 bridgehead atoms. The molecule has 0 N–H and O–H groups in total. The van der Waals surface area contributed by atoms with Crippen molar-refractivity contribution in [2.24, 2.45) is 0 Å². The van der Waals surface area contributed by atoms with E-state index in [4.69, 9.17) is 8.83 Å². The molecule has 0 aliphatic carbocycles. The normalized spacial score (nSPS) is 10.9. The van der Waals surface area contributed by atoms with Gasteiger partial charge in [-0.05, 0) is 166 Å². The van der Waals surface area contributed by atoms with Crippen molar-refractivity contribution in [3.05, 3.63) is 343 Å². The van der Waals surface area contributed by atoms with Crippen molar-refractivity contribution in [3.8, 4) is 78.5 Å². The van der Waals surface area contributed by atoms with Crippen LogP contribution >= 0.6 is 0 Å². The molecule has 0 saturated carbocycles. The van der Waals surface area contributed by atoms with Crippen molar-refractivity contribution >= 4 is 43.9 Å². The van der Waals surface area contributed by atoms with Crippen LogP contribution in [0.2, 0.25) is 0 Å². The Labute approximate surface area is 641 Å². The number of aromatic nitrogens is 5. The van der Waals surface area contributed by atoms with E-state index >= 15 is 0 Å². The zero-order valence-electron chi connectivity index (χ0n) is 59.0. The molecular formula is C92H78Ir3N5O2-5. The first kappa shape index (κ1) is 76.5. The van der Waals surface area contributed by atoms with Crippen LogP contribution in [0.15, 0.2) is 282 Å². The average Bonchev–Trinajstić information content (AvgIpc) is 1.60. The van der Waals surface area contributed by atoms with Gasteiger partial charge in [-0.2, -0.15) is 0 Å². The molecule has 7 nitrogen and oxygen atoms in total. The molecular weight excluding hydrogens is 1780 g/mol. The number of para-hydroxylation sites is 1. The number of fused-ring (bicyclic) bond motifs is 6. The number of aryl methyl sites for hydroxylation is 5. The predicted molar refractivity (Wildman–Crippen MR) is 409 cm³/mol. The van der Waals surface area contributed by atoms with Crippen LogP contribution in [0.5, 0.6) is 0 Å². The maximum atomic E-state index is 6.20. The molecule has 0 unspecified atom stereocenters. The molecule has 7 aromatic heterocycles. The molecule has 10 heteroatoms. The van der Waals surface area contributed by atoms with Gasteiger partial charge in [0, 0.05) is 102 Å². The summed E-state index contributed by atoms with van der Waals surface area (Å²) < 4.78 is 12.1. The molecule has 0 spiro atoms. The van der Waals surface area contributed by atoms with E-state index in [1.165, 1.54) is 61.2 Å². The molecule has 16 rings (SSSR count). The predicted octanol–water partition coefficient (Wildman–Crippen LogP) is 24.0. The van der Waals surface area contributed by atoms with Gasteiger partial charge in [-0.1, -0.05) is 173 Å². The maximum absolute atomic E-state index is 6.20. The second-order valence-corrected chi connectivity index (χ2v) is 26.8. The van der Waals surface area contributed by atoms with Crippen LogP contribution in [-0.2, 0) is 71.1 Å². The molecule has 3 radical (unpaired) electrons. The van der Waals surface area contributed by atoms with Crippen LogP contribution in [0.25, 0.3) is 122 Å². The van der Waals surface area contributed by atoms with Gasteiger partial charge < -0.3 is 33.8 Å². The van der Waals surface area contributed by atoms with E-state index in [1.54, 1.807) is 6.20 Å². The zero-order valence-corrected chi connectivity index (χ0v) is 66.2. The van der Waals surface area contributed by atoms with E-state index in [1.807, 2.05) is 170 Å². The summed E-state index contributed by atoms with van der Waals surface area (Å²) in [7, 11) is 0.